The number of thiophene rings is 3. The van der Waals surface area contributed by atoms with E-state index in [1.165, 1.54) is 107 Å². The second-order valence-electron chi connectivity index (χ2n) is 15.7. The molecule has 0 atom stereocenters. The minimum absolute atomic E-state index is 1.22. The zero-order chi connectivity index (χ0) is 42.0. The van der Waals surface area contributed by atoms with Gasteiger partial charge in [0.05, 0.1) is 0 Å². The van der Waals surface area contributed by atoms with E-state index in [9.17, 15) is 0 Å². The average molecular weight is 857 g/mol. The summed E-state index contributed by atoms with van der Waals surface area (Å²) in [6.45, 7) is 0. The maximum absolute atomic E-state index is 2.33. The van der Waals surface area contributed by atoms with Crippen LogP contribution in [-0.2, 0) is 0 Å². The van der Waals surface area contributed by atoms with Gasteiger partial charge in [-0.05, 0) is 151 Å². The Morgan fingerprint density at radius 3 is 0.540 bits per heavy atom. The first-order chi connectivity index (χ1) is 31.2. The molecule has 0 saturated heterocycles. The SMILES string of the molecule is c1ccc(-c2cccc(-c3ccc(-c4cccc(-c5cccc(-c6ccc(-c7cccc(-c8cccc(-c9ccc(-c%10cccc(-c%11ccccc%11)c%10)s9)c8)c7)s6)c5)c4)s3)c2)cc1. The fourth-order valence-electron chi connectivity index (χ4n) is 8.32. The molecular weight excluding hydrogens is 817 g/mol. The molecule has 0 unspecified atom stereocenters. The van der Waals surface area contributed by atoms with Crippen molar-refractivity contribution in [3.8, 4) is 107 Å². The molecule has 0 spiro atoms. The molecule has 0 amide bonds. The summed E-state index contributed by atoms with van der Waals surface area (Å²) in [5.74, 6) is 0. The lowest BCUT2D eigenvalue weighted by atomic mass is 9.99. The molecular formula is C60H40S3. The molecule has 0 aliphatic carbocycles. The molecule has 8 aromatic carbocycles. The van der Waals surface area contributed by atoms with Crippen molar-refractivity contribution in [1.29, 1.82) is 0 Å². The third kappa shape index (κ3) is 8.30. The molecule has 11 rings (SSSR count). The molecule has 11 aromatic rings. The topological polar surface area (TPSA) is 0 Å². The predicted molar refractivity (Wildman–Crippen MR) is 274 cm³/mol. The fraction of sp³-hybridized carbons (Fsp3) is 0. The lowest BCUT2D eigenvalue weighted by molar-refractivity contribution is 1.61. The van der Waals surface area contributed by atoms with Crippen LogP contribution < -0.4 is 0 Å². The van der Waals surface area contributed by atoms with Gasteiger partial charge in [-0.25, -0.2) is 0 Å². The molecule has 0 aliphatic rings. The minimum atomic E-state index is 1.22. The number of hydrogen-bond donors (Lipinski definition) is 0. The highest BCUT2D eigenvalue weighted by Crippen LogP contribution is 2.41. The summed E-state index contributed by atoms with van der Waals surface area (Å²) in [5.41, 5.74) is 17.3. The van der Waals surface area contributed by atoms with Crippen molar-refractivity contribution in [2.45, 2.75) is 0 Å². The van der Waals surface area contributed by atoms with Crippen molar-refractivity contribution in [3.05, 3.63) is 243 Å². The van der Waals surface area contributed by atoms with Crippen LogP contribution in [-0.4, -0.2) is 0 Å². The smallest absolute Gasteiger partial charge is 0.0349 e. The summed E-state index contributed by atoms with van der Waals surface area (Å²) in [5, 5.41) is 0. The molecule has 0 radical (unpaired) electrons. The van der Waals surface area contributed by atoms with Crippen LogP contribution >= 0.6 is 34.0 Å². The van der Waals surface area contributed by atoms with Crippen molar-refractivity contribution in [3.63, 3.8) is 0 Å². The van der Waals surface area contributed by atoms with Gasteiger partial charge in [0.2, 0.25) is 0 Å². The Morgan fingerprint density at radius 1 is 0.143 bits per heavy atom. The van der Waals surface area contributed by atoms with E-state index in [2.05, 4.69) is 243 Å². The van der Waals surface area contributed by atoms with Crippen molar-refractivity contribution >= 4 is 34.0 Å². The van der Waals surface area contributed by atoms with Crippen LogP contribution in [0.25, 0.3) is 107 Å². The van der Waals surface area contributed by atoms with Gasteiger partial charge in [-0.3, -0.25) is 0 Å². The second kappa shape index (κ2) is 17.3. The molecule has 63 heavy (non-hydrogen) atoms. The van der Waals surface area contributed by atoms with Crippen LogP contribution in [0.3, 0.4) is 0 Å². The Labute approximate surface area is 381 Å². The maximum Gasteiger partial charge on any atom is 0.0349 e. The quantitative estimate of drug-likeness (QED) is 0.129. The van der Waals surface area contributed by atoms with Gasteiger partial charge in [0.25, 0.3) is 0 Å². The highest BCUT2D eigenvalue weighted by molar-refractivity contribution is 7.19. The first-order valence-corrected chi connectivity index (χ1v) is 23.7. The molecule has 3 heteroatoms. The average Bonchev–Trinajstić information content (AvgIpc) is 4.18. The molecule has 3 aromatic heterocycles. The van der Waals surface area contributed by atoms with E-state index in [0.29, 0.717) is 0 Å². The lowest BCUT2D eigenvalue weighted by Gasteiger charge is -2.08. The van der Waals surface area contributed by atoms with Gasteiger partial charge in [-0.15, -0.1) is 34.0 Å². The summed E-state index contributed by atoms with van der Waals surface area (Å²) in [6, 6.07) is 88.4. The molecule has 3 heterocycles. The standard InChI is InChI=1S/C60H40S3/c1-3-13-41(14-4-1)43-17-7-23-49(35-43)55-29-31-57(61-55)51-25-9-19-45(37-51)47-21-11-27-53(39-47)59-33-34-60(63-59)54-28-12-22-48(40-54)46-20-10-26-52(38-46)58-32-30-56(62-58)50-24-8-18-44(36-50)42-15-5-2-6-16-42/h1-40H. The van der Waals surface area contributed by atoms with E-state index >= 15 is 0 Å². The number of hydrogen-bond acceptors (Lipinski definition) is 3. The van der Waals surface area contributed by atoms with Gasteiger partial charge in [-0.2, -0.15) is 0 Å². The van der Waals surface area contributed by atoms with Crippen LogP contribution in [0.5, 0.6) is 0 Å². The maximum atomic E-state index is 2.33. The Bertz CT molecular complexity index is 3120. The lowest BCUT2D eigenvalue weighted by Crippen LogP contribution is -1.81. The van der Waals surface area contributed by atoms with E-state index in [-0.39, 0.29) is 0 Å². The molecule has 0 N–H and O–H groups in total. The van der Waals surface area contributed by atoms with Crippen LogP contribution in [0.1, 0.15) is 0 Å². The van der Waals surface area contributed by atoms with Crippen LogP contribution in [0, 0.1) is 0 Å². The van der Waals surface area contributed by atoms with Crippen LogP contribution in [0.4, 0.5) is 0 Å². The van der Waals surface area contributed by atoms with Gasteiger partial charge in [-0.1, -0.05) is 170 Å². The molecule has 0 aliphatic heterocycles. The molecule has 0 saturated carbocycles. The fourth-order valence-corrected chi connectivity index (χ4v) is 11.3. The Kier molecular flexibility index (Phi) is 10.7. The molecule has 0 nitrogen and oxygen atoms in total. The molecule has 0 fully saturated rings. The highest BCUT2D eigenvalue weighted by Gasteiger charge is 2.13. The van der Waals surface area contributed by atoms with Crippen molar-refractivity contribution in [2.75, 3.05) is 0 Å². The number of rotatable bonds is 10. The van der Waals surface area contributed by atoms with E-state index < -0.39 is 0 Å². The van der Waals surface area contributed by atoms with Gasteiger partial charge in [0.1, 0.15) is 0 Å². The summed E-state index contributed by atoms with van der Waals surface area (Å²) in [4.78, 5) is 7.62. The summed E-state index contributed by atoms with van der Waals surface area (Å²) in [7, 11) is 0. The van der Waals surface area contributed by atoms with Crippen LogP contribution in [0.15, 0.2) is 243 Å². The third-order valence-corrected chi connectivity index (χ3v) is 15.1. The predicted octanol–water partition coefficient (Wildman–Crippen LogP) is 18.5. The Hall–Kier alpha value is -7.14. The Morgan fingerprint density at radius 2 is 0.317 bits per heavy atom. The van der Waals surface area contributed by atoms with Crippen molar-refractivity contribution in [1.82, 2.24) is 0 Å². The first-order valence-electron chi connectivity index (χ1n) is 21.2. The zero-order valence-corrected chi connectivity index (χ0v) is 36.8. The first kappa shape index (κ1) is 38.8. The van der Waals surface area contributed by atoms with E-state index in [1.807, 2.05) is 34.0 Å². The minimum Gasteiger partial charge on any atom is -0.135 e. The summed E-state index contributed by atoms with van der Waals surface area (Å²) < 4.78 is 0. The van der Waals surface area contributed by atoms with Gasteiger partial charge >= 0.3 is 0 Å². The summed E-state index contributed by atoms with van der Waals surface area (Å²) in [6.07, 6.45) is 0. The molecule has 0 bridgehead atoms. The number of benzene rings is 8. The van der Waals surface area contributed by atoms with E-state index in [0.717, 1.165) is 0 Å². The summed E-state index contributed by atoms with van der Waals surface area (Å²) >= 11 is 5.55. The van der Waals surface area contributed by atoms with Crippen molar-refractivity contribution < 1.29 is 0 Å². The zero-order valence-electron chi connectivity index (χ0n) is 34.3. The van der Waals surface area contributed by atoms with Gasteiger partial charge in [0, 0.05) is 29.3 Å². The van der Waals surface area contributed by atoms with E-state index in [1.54, 1.807) is 0 Å². The largest absolute Gasteiger partial charge is 0.135 e. The van der Waals surface area contributed by atoms with Crippen LogP contribution in [0.2, 0.25) is 0 Å². The second-order valence-corrected chi connectivity index (χ2v) is 19.0. The normalized spacial score (nSPS) is 11.2. The highest BCUT2D eigenvalue weighted by atomic mass is 32.1. The third-order valence-electron chi connectivity index (χ3n) is 11.6. The van der Waals surface area contributed by atoms with Gasteiger partial charge in [0.15, 0.2) is 0 Å². The van der Waals surface area contributed by atoms with Crippen molar-refractivity contribution in [2.24, 2.45) is 0 Å². The van der Waals surface area contributed by atoms with E-state index in [4.69, 9.17) is 0 Å². The molecule has 298 valence electrons. The Balaban J connectivity index is 0.809. The van der Waals surface area contributed by atoms with Gasteiger partial charge < -0.3 is 0 Å². The monoisotopic (exact) mass is 856 g/mol.